The molecular weight excluding hydrogens is 550 g/mol. The second kappa shape index (κ2) is 12.0. The molecule has 1 unspecified atom stereocenters. The lowest BCUT2D eigenvalue weighted by molar-refractivity contribution is -0.149. The van der Waals surface area contributed by atoms with Gasteiger partial charge in [0.2, 0.25) is 0 Å². The van der Waals surface area contributed by atoms with Crippen LogP contribution in [0.3, 0.4) is 0 Å². The number of aliphatic carboxylic acids is 1. The molecule has 4 aromatic rings. The van der Waals surface area contributed by atoms with Crippen LogP contribution in [-0.4, -0.2) is 43.6 Å². The molecule has 0 saturated carbocycles. The lowest BCUT2D eigenvalue weighted by atomic mass is 9.93. The van der Waals surface area contributed by atoms with Gasteiger partial charge in [0.15, 0.2) is 15.9 Å². The number of ether oxygens (including phenoxy) is 2. The van der Waals surface area contributed by atoms with Crippen molar-refractivity contribution in [1.82, 2.24) is 5.16 Å². The number of hydrogen-bond donors (Lipinski definition) is 1. The van der Waals surface area contributed by atoms with Gasteiger partial charge >= 0.3 is 5.97 Å². The molecule has 8 nitrogen and oxygen atoms in total. The minimum absolute atomic E-state index is 0.0791. The van der Waals surface area contributed by atoms with Crippen LogP contribution in [-0.2, 0) is 37.8 Å². The molecule has 2 aromatic heterocycles. The number of nitrogens with zero attached hydrogens (tertiary/aromatic N) is 1. The van der Waals surface area contributed by atoms with Gasteiger partial charge < -0.3 is 19.1 Å². The van der Waals surface area contributed by atoms with E-state index in [1.807, 2.05) is 30.3 Å². The molecule has 0 aliphatic carbocycles. The molecule has 0 spiro atoms. The van der Waals surface area contributed by atoms with E-state index in [4.69, 9.17) is 14.0 Å². The average Bonchev–Trinajstić information content (AvgIpc) is 3.56. The molecule has 4 rings (SSSR count). The summed E-state index contributed by atoms with van der Waals surface area (Å²) < 4.78 is 41.8. The molecule has 2 heterocycles. The lowest BCUT2D eigenvalue weighted by Crippen LogP contribution is -2.26. The van der Waals surface area contributed by atoms with Crippen LogP contribution in [0.5, 0.6) is 5.75 Å². The molecule has 1 atom stereocenters. The van der Waals surface area contributed by atoms with Crippen molar-refractivity contribution >= 4 is 27.1 Å². The first-order valence-electron chi connectivity index (χ1n) is 12.8. The molecular formula is C30H33NO7S2. The third kappa shape index (κ3) is 7.18. The summed E-state index contributed by atoms with van der Waals surface area (Å²) in [6.07, 6.45) is 0.516. The smallest absolute Gasteiger partial charge is 0.333 e. The minimum Gasteiger partial charge on any atom is -0.488 e. The minimum atomic E-state index is -3.48. The van der Waals surface area contributed by atoms with E-state index in [1.165, 1.54) is 17.6 Å². The van der Waals surface area contributed by atoms with Crippen molar-refractivity contribution in [1.29, 1.82) is 0 Å². The van der Waals surface area contributed by atoms with E-state index < -0.39 is 21.9 Å². The van der Waals surface area contributed by atoms with Crippen molar-refractivity contribution in [2.45, 2.75) is 57.1 Å². The Kier molecular flexibility index (Phi) is 8.82. The van der Waals surface area contributed by atoms with E-state index in [1.54, 1.807) is 37.3 Å². The van der Waals surface area contributed by atoms with Gasteiger partial charge in [-0.15, -0.1) is 11.3 Å². The van der Waals surface area contributed by atoms with Crippen LogP contribution in [0, 0.1) is 0 Å². The summed E-state index contributed by atoms with van der Waals surface area (Å²) in [5.74, 6) is 0.344. The summed E-state index contributed by atoms with van der Waals surface area (Å²) in [6.45, 7) is 8.33. The van der Waals surface area contributed by atoms with Gasteiger partial charge in [-0.25, -0.2) is 13.2 Å². The van der Waals surface area contributed by atoms with Crippen molar-refractivity contribution in [3.05, 3.63) is 76.9 Å². The SMILES string of the molecule is CCOC(Cc1ccc(OCc2sc(-c3ccc(-c4cc(C(C)(C)C)on4)cc3)cc2S(C)(=O)=O)cc1)C(=O)O. The first-order valence-corrected chi connectivity index (χ1v) is 15.5. The Balaban J connectivity index is 1.49. The normalized spacial score (nSPS) is 12.8. The van der Waals surface area contributed by atoms with Gasteiger partial charge in [0, 0.05) is 41.2 Å². The highest BCUT2D eigenvalue weighted by atomic mass is 32.2. The van der Waals surface area contributed by atoms with Crippen molar-refractivity contribution in [3.63, 3.8) is 0 Å². The maximum atomic E-state index is 12.6. The van der Waals surface area contributed by atoms with Crippen molar-refractivity contribution in [2.24, 2.45) is 0 Å². The summed E-state index contributed by atoms with van der Waals surface area (Å²) in [6, 6.07) is 18.4. The lowest BCUT2D eigenvalue weighted by Gasteiger charge is -2.13. The van der Waals surface area contributed by atoms with E-state index in [2.05, 4.69) is 25.9 Å². The number of hydrogen-bond acceptors (Lipinski definition) is 8. The molecule has 212 valence electrons. The number of sulfone groups is 1. The number of rotatable bonds is 11. The molecule has 40 heavy (non-hydrogen) atoms. The Morgan fingerprint density at radius 1 is 1.05 bits per heavy atom. The first-order chi connectivity index (χ1) is 18.8. The zero-order chi connectivity index (χ0) is 29.1. The third-order valence-corrected chi connectivity index (χ3v) is 8.69. The fraction of sp³-hybridized carbons (Fsp3) is 0.333. The Morgan fingerprint density at radius 2 is 1.70 bits per heavy atom. The van der Waals surface area contributed by atoms with Crippen LogP contribution < -0.4 is 4.74 Å². The third-order valence-electron chi connectivity index (χ3n) is 6.24. The highest BCUT2D eigenvalue weighted by Crippen LogP contribution is 2.36. The summed E-state index contributed by atoms with van der Waals surface area (Å²) >= 11 is 1.37. The molecule has 1 N–H and O–H groups in total. The largest absolute Gasteiger partial charge is 0.488 e. The monoisotopic (exact) mass is 583 g/mol. The van der Waals surface area contributed by atoms with Crippen LogP contribution in [0.1, 0.15) is 43.9 Å². The van der Waals surface area contributed by atoms with Crippen molar-refractivity contribution in [2.75, 3.05) is 12.9 Å². The fourth-order valence-corrected chi connectivity index (χ4v) is 6.47. The maximum Gasteiger partial charge on any atom is 0.333 e. The van der Waals surface area contributed by atoms with Gasteiger partial charge in [0.25, 0.3) is 0 Å². The van der Waals surface area contributed by atoms with E-state index in [0.29, 0.717) is 17.2 Å². The first kappa shape index (κ1) is 29.5. The van der Waals surface area contributed by atoms with E-state index in [9.17, 15) is 18.3 Å². The van der Waals surface area contributed by atoms with Gasteiger partial charge in [0.1, 0.15) is 23.8 Å². The Hall–Kier alpha value is -3.47. The topological polar surface area (TPSA) is 116 Å². The molecule has 0 aliphatic heterocycles. The number of thiophene rings is 1. The van der Waals surface area contributed by atoms with Crippen molar-refractivity contribution in [3.8, 4) is 27.4 Å². The van der Waals surface area contributed by atoms with Gasteiger partial charge in [0.05, 0.1) is 9.77 Å². The fourth-order valence-electron chi connectivity index (χ4n) is 4.04. The molecule has 10 heteroatoms. The predicted octanol–water partition coefficient (Wildman–Crippen LogP) is 6.38. The van der Waals surface area contributed by atoms with Crippen molar-refractivity contribution < 1.29 is 32.3 Å². The zero-order valence-corrected chi connectivity index (χ0v) is 24.8. The second-order valence-corrected chi connectivity index (χ2v) is 13.6. The maximum absolute atomic E-state index is 12.6. The summed E-state index contributed by atoms with van der Waals surface area (Å²) in [4.78, 5) is 13.0. The van der Waals surface area contributed by atoms with Crippen LogP contribution >= 0.6 is 11.3 Å². The summed E-state index contributed by atoms with van der Waals surface area (Å²) in [5, 5.41) is 13.5. The summed E-state index contributed by atoms with van der Waals surface area (Å²) in [5.41, 5.74) is 3.20. The molecule has 0 amide bonds. The van der Waals surface area contributed by atoms with Gasteiger partial charge in [-0.1, -0.05) is 62.3 Å². The molecule has 2 aromatic carbocycles. The average molecular weight is 584 g/mol. The molecule has 0 saturated heterocycles. The molecule has 0 aliphatic rings. The van der Waals surface area contributed by atoms with Crippen LogP contribution in [0.25, 0.3) is 21.7 Å². The Labute approximate surface area is 238 Å². The van der Waals surface area contributed by atoms with E-state index >= 15 is 0 Å². The Morgan fingerprint density at radius 3 is 2.25 bits per heavy atom. The quantitative estimate of drug-likeness (QED) is 0.216. The molecule has 0 fully saturated rings. The van der Waals surface area contributed by atoms with Gasteiger partial charge in [-0.3, -0.25) is 0 Å². The highest BCUT2D eigenvalue weighted by molar-refractivity contribution is 7.91. The number of carboxylic acid groups (broad SMARTS) is 1. The number of benzene rings is 2. The van der Waals surface area contributed by atoms with Gasteiger partial charge in [-0.05, 0) is 36.2 Å². The second-order valence-electron chi connectivity index (χ2n) is 10.5. The molecule has 0 radical (unpaired) electrons. The predicted molar refractivity (Wildman–Crippen MR) is 155 cm³/mol. The van der Waals surface area contributed by atoms with E-state index in [-0.39, 0.29) is 23.3 Å². The van der Waals surface area contributed by atoms with Crippen LogP contribution in [0.15, 0.2) is 70.1 Å². The van der Waals surface area contributed by atoms with E-state index in [0.717, 1.165) is 33.0 Å². The standard InChI is InChI=1S/C30H33NO7S2/c1-6-36-24(29(32)33)15-19-7-13-22(14-8-19)37-18-26-27(40(5,34)35)17-25(39-26)21-11-9-20(10-12-21)23-16-28(38-31-23)30(2,3)4/h7-14,16-17,24H,6,15,18H2,1-5H3,(H,32,33). The number of carbonyl (C=O) groups is 1. The van der Waals surface area contributed by atoms with Gasteiger partial charge in [-0.2, -0.15) is 0 Å². The Bertz CT molecular complexity index is 1560. The number of carboxylic acids is 1. The van der Waals surface area contributed by atoms with Crippen LogP contribution in [0.4, 0.5) is 0 Å². The highest BCUT2D eigenvalue weighted by Gasteiger charge is 2.22. The molecule has 0 bridgehead atoms. The number of aromatic nitrogens is 1. The van der Waals surface area contributed by atoms with Crippen LogP contribution in [0.2, 0.25) is 0 Å². The summed E-state index contributed by atoms with van der Waals surface area (Å²) in [7, 11) is -3.48. The zero-order valence-electron chi connectivity index (χ0n) is 23.1.